The molecule has 1 aliphatic heterocycles. The lowest BCUT2D eigenvalue weighted by Gasteiger charge is -2.38. The maximum Gasteiger partial charge on any atom is 0.151 e. The summed E-state index contributed by atoms with van der Waals surface area (Å²) < 4.78 is 5.50. The van der Waals surface area contributed by atoms with Crippen molar-refractivity contribution < 1.29 is 9.64 Å². The Kier molecular flexibility index (Phi) is 2.09. The minimum absolute atomic E-state index is 0.378. The number of hydrogen-bond donors (Lipinski definition) is 1. The van der Waals surface area contributed by atoms with Gasteiger partial charge in [-0.3, -0.25) is 0 Å². The van der Waals surface area contributed by atoms with Crippen LogP contribution in [-0.4, -0.2) is 25.3 Å². The fourth-order valence-corrected chi connectivity index (χ4v) is 1.07. The SMILES string of the molecule is [CH2-][NH+]1CC(OC(C)C)C1. The molecule has 0 amide bonds. The third-order valence-corrected chi connectivity index (χ3v) is 1.50. The van der Waals surface area contributed by atoms with Crippen molar-refractivity contribution in [1.29, 1.82) is 0 Å². The summed E-state index contributed by atoms with van der Waals surface area (Å²) in [6, 6.07) is 0. The van der Waals surface area contributed by atoms with Crippen LogP contribution in [0.25, 0.3) is 0 Å². The van der Waals surface area contributed by atoms with Gasteiger partial charge in [-0.25, -0.2) is 0 Å². The van der Waals surface area contributed by atoms with E-state index in [1.807, 2.05) is 0 Å². The predicted molar refractivity (Wildman–Crippen MR) is 36.1 cm³/mol. The molecule has 54 valence electrons. The van der Waals surface area contributed by atoms with E-state index < -0.39 is 0 Å². The Balaban J connectivity index is 2.04. The average Bonchev–Trinajstić information content (AvgIpc) is 1.60. The molecule has 1 heterocycles. The molecule has 0 aromatic heterocycles. The molecule has 0 atom stereocenters. The minimum Gasteiger partial charge on any atom is -0.463 e. The van der Waals surface area contributed by atoms with Gasteiger partial charge < -0.3 is 9.64 Å². The second-order valence-electron chi connectivity index (χ2n) is 2.97. The molecule has 9 heavy (non-hydrogen) atoms. The number of ether oxygens (including phenoxy) is 1. The van der Waals surface area contributed by atoms with Crippen molar-refractivity contribution in [3.63, 3.8) is 0 Å². The Labute approximate surface area is 56.8 Å². The highest BCUT2D eigenvalue weighted by Gasteiger charge is 2.25. The van der Waals surface area contributed by atoms with Crippen molar-refractivity contribution in [2.24, 2.45) is 0 Å². The Morgan fingerprint density at radius 1 is 1.56 bits per heavy atom. The molecule has 2 heteroatoms. The molecule has 1 aliphatic rings. The predicted octanol–water partition coefficient (Wildman–Crippen LogP) is -0.530. The van der Waals surface area contributed by atoms with E-state index in [0.717, 1.165) is 13.1 Å². The second kappa shape index (κ2) is 2.67. The molecule has 0 bridgehead atoms. The highest BCUT2D eigenvalue weighted by Crippen LogP contribution is 1.97. The van der Waals surface area contributed by atoms with E-state index in [-0.39, 0.29) is 0 Å². The first kappa shape index (κ1) is 7.03. The largest absolute Gasteiger partial charge is 0.463 e. The van der Waals surface area contributed by atoms with Crippen LogP contribution in [0.15, 0.2) is 0 Å². The molecule has 0 aromatic rings. The van der Waals surface area contributed by atoms with E-state index in [1.165, 1.54) is 4.90 Å². The van der Waals surface area contributed by atoms with Gasteiger partial charge in [0.05, 0.1) is 19.2 Å². The maximum absolute atomic E-state index is 5.50. The van der Waals surface area contributed by atoms with Crippen molar-refractivity contribution in [2.75, 3.05) is 13.1 Å². The molecule has 1 fully saturated rings. The summed E-state index contributed by atoms with van der Waals surface area (Å²) in [6.45, 7) is 6.30. The molecule has 0 spiro atoms. The molecule has 1 N–H and O–H groups in total. The van der Waals surface area contributed by atoms with Gasteiger partial charge in [0.15, 0.2) is 6.10 Å². The first-order valence-electron chi connectivity index (χ1n) is 3.50. The highest BCUT2D eigenvalue weighted by atomic mass is 16.5. The molecule has 1 saturated heterocycles. The molecular weight excluding hydrogens is 114 g/mol. The van der Waals surface area contributed by atoms with Crippen LogP contribution in [0.2, 0.25) is 0 Å². The fourth-order valence-electron chi connectivity index (χ4n) is 1.07. The molecule has 0 aliphatic carbocycles. The van der Waals surface area contributed by atoms with Crippen molar-refractivity contribution in [3.8, 4) is 0 Å². The lowest BCUT2D eigenvalue weighted by atomic mass is 10.2. The van der Waals surface area contributed by atoms with Crippen molar-refractivity contribution >= 4 is 0 Å². The number of hydrogen-bond acceptors (Lipinski definition) is 1. The molecule has 0 aromatic carbocycles. The van der Waals surface area contributed by atoms with Gasteiger partial charge in [-0.05, 0) is 13.8 Å². The third-order valence-electron chi connectivity index (χ3n) is 1.50. The topological polar surface area (TPSA) is 13.7 Å². The van der Waals surface area contributed by atoms with Crippen LogP contribution in [0.3, 0.4) is 0 Å². The van der Waals surface area contributed by atoms with Gasteiger partial charge in [-0.15, -0.1) is 0 Å². The summed E-state index contributed by atoms with van der Waals surface area (Å²) in [5, 5.41) is 0. The second-order valence-corrected chi connectivity index (χ2v) is 2.97. The van der Waals surface area contributed by atoms with Crippen LogP contribution >= 0.6 is 0 Å². The van der Waals surface area contributed by atoms with Crippen molar-refractivity contribution in [2.45, 2.75) is 26.1 Å². The summed E-state index contributed by atoms with van der Waals surface area (Å²) >= 11 is 0. The Hall–Kier alpha value is -0.0800. The Morgan fingerprint density at radius 3 is 2.44 bits per heavy atom. The number of quaternary nitrogens is 1. The Morgan fingerprint density at radius 2 is 2.11 bits per heavy atom. The lowest BCUT2D eigenvalue weighted by molar-refractivity contribution is -0.907. The van der Waals surface area contributed by atoms with Crippen LogP contribution in [0.5, 0.6) is 0 Å². The first-order valence-corrected chi connectivity index (χ1v) is 3.50. The van der Waals surface area contributed by atoms with Crippen LogP contribution in [0, 0.1) is 7.05 Å². The van der Waals surface area contributed by atoms with E-state index in [9.17, 15) is 0 Å². The van der Waals surface area contributed by atoms with Gasteiger partial charge in [0.25, 0.3) is 0 Å². The molecule has 0 unspecified atom stereocenters. The zero-order valence-corrected chi connectivity index (χ0v) is 6.18. The zero-order valence-electron chi connectivity index (χ0n) is 6.18. The summed E-state index contributed by atoms with van der Waals surface area (Å²) in [5.41, 5.74) is 0. The summed E-state index contributed by atoms with van der Waals surface area (Å²) in [4.78, 5) is 1.33. The van der Waals surface area contributed by atoms with E-state index in [4.69, 9.17) is 4.74 Å². The minimum atomic E-state index is 0.378. The molecule has 0 saturated carbocycles. The Bertz CT molecular complexity index is 86.9. The van der Waals surface area contributed by atoms with Gasteiger partial charge in [0.1, 0.15) is 0 Å². The molecule has 1 rings (SSSR count). The quantitative estimate of drug-likeness (QED) is 0.495. The monoisotopic (exact) mass is 129 g/mol. The van der Waals surface area contributed by atoms with Crippen LogP contribution in [0.4, 0.5) is 0 Å². The van der Waals surface area contributed by atoms with Crippen LogP contribution in [0.1, 0.15) is 13.8 Å². The smallest absolute Gasteiger partial charge is 0.151 e. The van der Waals surface area contributed by atoms with Gasteiger partial charge in [0.2, 0.25) is 0 Å². The fraction of sp³-hybridized carbons (Fsp3) is 0.857. The normalized spacial score (nSPS) is 34.7. The number of likely N-dealkylation sites (tertiary alicyclic amines) is 1. The molecule has 2 nitrogen and oxygen atoms in total. The average molecular weight is 129 g/mol. The van der Waals surface area contributed by atoms with Gasteiger partial charge in [-0.1, -0.05) is 0 Å². The van der Waals surface area contributed by atoms with E-state index >= 15 is 0 Å². The maximum atomic E-state index is 5.50. The van der Waals surface area contributed by atoms with Crippen LogP contribution < -0.4 is 4.90 Å². The van der Waals surface area contributed by atoms with Gasteiger partial charge in [-0.2, -0.15) is 7.05 Å². The standard InChI is InChI=1S/C7H15NO/c1-6(2)9-7-4-8(3)5-7/h6-8H,3-5H2,1-2H3. The summed E-state index contributed by atoms with van der Waals surface area (Å²) in [7, 11) is 3.84. The lowest BCUT2D eigenvalue weighted by Crippen LogP contribution is -3.17. The van der Waals surface area contributed by atoms with E-state index in [2.05, 4.69) is 20.9 Å². The van der Waals surface area contributed by atoms with Gasteiger partial charge >= 0.3 is 0 Å². The van der Waals surface area contributed by atoms with Crippen LogP contribution in [-0.2, 0) is 4.74 Å². The zero-order chi connectivity index (χ0) is 6.85. The molecule has 0 radical (unpaired) electrons. The number of nitrogens with one attached hydrogen (secondary N) is 1. The van der Waals surface area contributed by atoms with E-state index in [1.54, 1.807) is 0 Å². The first-order chi connectivity index (χ1) is 4.18. The van der Waals surface area contributed by atoms with Gasteiger partial charge in [0, 0.05) is 0 Å². The van der Waals surface area contributed by atoms with Crippen molar-refractivity contribution in [3.05, 3.63) is 7.05 Å². The summed E-state index contributed by atoms with van der Waals surface area (Å²) in [5.74, 6) is 0. The van der Waals surface area contributed by atoms with Crippen molar-refractivity contribution in [1.82, 2.24) is 0 Å². The summed E-state index contributed by atoms with van der Waals surface area (Å²) in [6.07, 6.45) is 0.862. The molecular formula is C7H15NO. The number of rotatable bonds is 2. The third kappa shape index (κ3) is 1.95. The van der Waals surface area contributed by atoms with E-state index in [0.29, 0.717) is 12.2 Å². The highest BCUT2D eigenvalue weighted by molar-refractivity contribution is 4.62.